The van der Waals surface area contributed by atoms with Crippen LogP contribution in [-0.4, -0.2) is 20.9 Å². The summed E-state index contributed by atoms with van der Waals surface area (Å²) in [5, 5.41) is 3.45. The molecule has 0 fully saturated rings. The third-order valence-corrected chi connectivity index (χ3v) is 6.29. The van der Waals surface area contributed by atoms with Crippen LogP contribution in [0.3, 0.4) is 0 Å². The summed E-state index contributed by atoms with van der Waals surface area (Å²) in [5.41, 5.74) is 1.70. The Morgan fingerprint density at radius 2 is 1.72 bits per heavy atom. The Morgan fingerprint density at radius 3 is 2.34 bits per heavy atom. The summed E-state index contributed by atoms with van der Waals surface area (Å²) < 4.78 is 46.1. The average Bonchev–Trinajstić information content (AvgIpc) is 2.74. The van der Waals surface area contributed by atoms with Gasteiger partial charge in [0.05, 0.1) is 10.9 Å². The number of ether oxygens (including phenoxy) is 1. The molecule has 3 aromatic rings. The van der Waals surface area contributed by atoms with E-state index in [-0.39, 0.29) is 29.1 Å². The van der Waals surface area contributed by atoms with E-state index >= 15 is 0 Å². The standard InChI is InChI=1S/C23H22ClFN2O4S/c1-15-13-21(32(29,30)27-20-9-7-19(25)8-10-20)11-12-22(15)31-14-23(28)26-16(2)17-3-5-18(24)6-4-17/h3-13,16,27H,14H2,1-2H3,(H,26,28). The van der Waals surface area contributed by atoms with E-state index < -0.39 is 15.8 Å². The maximum Gasteiger partial charge on any atom is 0.261 e. The normalized spacial score (nSPS) is 12.1. The van der Waals surface area contributed by atoms with Gasteiger partial charge in [-0.1, -0.05) is 23.7 Å². The third kappa shape index (κ3) is 6.21. The highest BCUT2D eigenvalue weighted by molar-refractivity contribution is 7.92. The van der Waals surface area contributed by atoms with E-state index in [1.54, 1.807) is 19.1 Å². The predicted molar refractivity (Wildman–Crippen MR) is 122 cm³/mol. The molecule has 1 amide bonds. The van der Waals surface area contributed by atoms with Crippen molar-refractivity contribution in [3.8, 4) is 5.75 Å². The molecule has 3 aromatic carbocycles. The zero-order chi connectivity index (χ0) is 23.3. The lowest BCUT2D eigenvalue weighted by molar-refractivity contribution is -0.123. The number of benzene rings is 3. The Labute approximate surface area is 191 Å². The van der Waals surface area contributed by atoms with Crippen LogP contribution in [0.25, 0.3) is 0 Å². The predicted octanol–water partition coefficient (Wildman–Crippen LogP) is 4.84. The van der Waals surface area contributed by atoms with E-state index in [0.29, 0.717) is 16.3 Å². The first-order chi connectivity index (χ1) is 15.1. The maximum atomic E-state index is 13.0. The number of anilines is 1. The number of carbonyl (C=O) groups excluding carboxylic acids is 1. The van der Waals surface area contributed by atoms with Crippen molar-refractivity contribution in [2.45, 2.75) is 24.8 Å². The van der Waals surface area contributed by atoms with Crippen LogP contribution in [0.15, 0.2) is 71.6 Å². The van der Waals surface area contributed by atoms with Gasteiger partial charge in [-0.25, -0.2) is 12.8 Å². The van der Waals surface area contributed by atoms with Gasteiger partial charge in [0, 0.05) is 10.7 Å². The number of nitrogens with one attached hydrogen (secondary N) is 2. The molecule has 0 bridgehead atoms. The Kier molecular flexibility index (Phi) is 7.37. The van der Waals surface area contributed by atoms with Crippen LogP contribution in [-0.2, 0) is 14.8 Å². The zero-order valence-electron chi connectivity index (χ0n) is 17.4. The van der Waals surface area contributed by atoms with Crippen LogP contribution in [0.5, 0.6) is 5.75 Å². The van der Waals surface area contributed by atoms with Gasteiger partial charge in [-0.2, -0.15) is 0 Å². The van der Waals surface area contributed by atoms with Gasteiger partial charge in [0.25, 0.3) is 15.9 Å². The second kappa shape index (κ2) is 10.0. The maximum absolute atomic E-state index is 13.0. The second-order valence-electron chi connectivity index (χ2n) is 7.17. The molecule has 6 nitrogen and oxygen atoms in total. The van der Waals surface area contributed by atoms with Crippen molar-refractivity contribution in [2.75, 3.05) is 11.3 Å². The summed E-state index contributed by atoms with van der Waals surface area (Å²) in [6.07, 6.45) is 0. The summed E-state index contributed by atoms with van der Waals surface area (Å²) in [5.74, 6) is -0.390. The van der Waals surface area contributed by atoms with Gasteiger partial charge < -0.3 is 10.1 Å². The summed E-state index contributed by atoms with van der Waals surface area (Å²) in [6, 6.07) is 16.2. The molecule has 0 saturated heterocycles. The highest BCUT2D eigenvalue weighted by Gasteiger charge is 2.17. The van der Waals surface area contributed by atoms with Gasteiger partial charge in [-0.15, -0.1) is 0 Å². The minimum absolute atomic E-state index is 0.0208. The zero-order valence-corrected chi connectivity index (χ0v) is 19.0. The highest BCUT2D eigenvalue weighted by Crippen LogP contribution is 2.24. The van der Waals surface area contributed by atoms with Gasteiger partial charge in [-0.3, -0.25) is 9.52 Å². The average molecular weight is 477 g/mol. The molecular weight excluding hydrogens is 455 g/mol. The molecule has 0 heterocycles. The SMILES string of the molecule is Cc1cc(S(=O)(=O)Nc2ccc(F)cc2)ccc1OCC(=O)NC(C)c1ccc(Cl)cc1. The van der Waals surface area contributed by atoms with E-state index in [9.17, 15) is 17.6 Å². The Balaban J connectivity index is 1.60. The molecule has 0 aliphatic heterocycles. The Bertz CT molecular complexity index is 1200. The Morgan fingerprint density at radius 1 is 1.06 bits per heavy atom. The van der Waals surface area contributed by atoms with Crippen LogP contribution in [0.1, 0.15) is 24.1 Å². The Hall–Kier alpha value is -3.10. The smallest absolute Gasteiger partial charge is 0.261 e. The number of amides is 1. The van der Waals surface area contributed by atoms with Crippen molar-refractivity contribution in [2.24, 2.45) is 0 Å². The van der Waals surface area contributed by atoms with Gasteiger partial charge in [-0.05, 0) is 79.6 Å². The van der Waals surface area contributed by atoms with Crippen LogP contribution >= 0.6 is 11.6 Å². The number of aryl methyl sites for hydroxylation is 1. The highest BCUT2D eigenvalue weighted by atomic mass is 35.5. The largest absolute Gasteiger partial charge is 0.484 e. The van der Waals surface area contributed by atoms with Crippen LogP contribution in [0, 0.1) is 12.7 Å². The van der Waals surface area contributed by atoms with Crippen LogP contribution in [0.2, 0.25) is 5.02 Å². The molecule has 1 atom stereocenters. The fraction of sp³-hybridized carbons (Fsp3) is 0.174. The van der Waals surface area contributed by atoms with Crippen LogP contribution < -0.4 is 14.8 Å². The minimum atomic E-state index is -3.86. The summed E-state index contributed by atoms with van der Waals surface area (Å²) in [6.45, 7) is 3.30. The van der Waals surface area contributed by atoms with Crippen molar-refractivity contribution in [3.63, 3.8) is 0 Å². The molecular formula is C23H22ClFN2O4S. The third-order valence-electron chi connectivity index (χ3n) is 4.66. The number of rotatable bonds is 8. The number of halogens is 2. The van der Waals surface area contributed by atoms with Gasteiger partial charge in [0.15, 0.2) is 6.61 Å². The first kappa shape index (κ1) is 23.6. The molecule has 32 heavy (non-hydrogen) atoms. The van der Waals surface area contributed by atoms with E-state index in [1.165, 1.54) is 42.5 Å². The molecule has 0 aliphatic carbocycles. The van der Waals surface area contributed by atoms with Crippen molar-refractivity contribution in [3.05, 3.63) is 88.7 Å². The lowest BCUT2D eigenvalue weighted by atomic mass is 10.1. The first-order valence-electron chi connectivity index (χ1n) is 9.71. The summed E-state index contributed by atoms with van der Waals surface area (Å²) in [4.78, 5) is 12.3. The number of hydrogen-bond donors (Lipinski definition) is 2. The van der Waals surface area contributed by atoms with Crippen molar-refractivity contribution in [1.82, 2.24) is 5.32 Å². The second-order valence-corrected chi connectivity index (χ2v) is 9.29. The lowest BCUT2D eigenvalue weighted by Gasteiger charge is -2.16. The van der Waals surface area contributed by atoms with Crippen molar-refractivity contribution < 1.29 is 22.3 Å². The summed E-state index contributed by atoms with van der Waals surface area (Å²) in [7, 11) is -3.86. The van der Waals surface area contributed by atoms with Crippen molar-refractivity contribution >= 4 is 33.2 Å². The molecule has 168 valence electrons. The lowest BCUT2D eigenvalue weighted by Crippen LogP contribution is -2.31. The first-order valence-corrected chi connectivity index (χ1v) is 11.6. The molecule has 0 spiro atoms. The topological polar surface area (TPSA) is 84.5 Å². The number of carbonyl (C=O) groups is 1. The molecule has 0 aliphatic rings. The number of sulfonamides is 1. The minimum Gasteiger partial charge on any atom is -0.484 e. The summed E-state index contributed by atoms with van der Waals surface area (Å²) >= 11 is 5.88. The number of hydrogen-bond acceptors (Lipinski definition) is 4. The van der Waals surface area contributed by atoms with E-state index in [1.807, 2.05) is 19.1 Å². The fourth-order valence-electron chi connectivity index (χ4n) is 2.94. The molecule has 2 N–H and O–H groups in total. The monoisotopic (exact) mass is 476 g/mol. The molecule has 0 aromatic heterocycles. The molecule has 0 radical (unpaired) electrons. The molecule has 0 saturated carbocycles. The van der Waals surface area contributed by atoms with Gasteiger partial charge in [0.1, 0.15) is 11.6 Å². The van der Waals surface area contributed by atoms with Crippen LogP contribution in [0.4, 0.5) is 10.1 Å². The fourth-order valence-corrected chi connectivity index (χ4v) is 4.21. The molecule has 1 unspecified atom stereocenters. The molecule has 9 heteroatoms. The quantitative estimate of drug-likeness (QED) is 0.487. The van der Waals surface area contributed by atoms with E-state index in [0.717, 1.165) is 5.56 Å². The van der Waals surface area contributed by atoms with Gasteiger partial charge >= 0.3 is 0 Å². The van der Waals surface area contributed by atoms with Crippen molar-refractivity contribution in [1.29, 1.82) is 0 Å². The van der Waals surface area contributed by atoms with E-state index in [4.69, 9.17) is 16.3 Å². The molecule has 3 rings (SSSR count). The van der Waals surface area contributed by atoms with E-state index in [2.05, 4.69) is 10.0 Å². The van der Waals surface area contributed by atoms with Gasteiger partial charge in [0.2, 0.25) is 0 Å².